The molecule has 2 heterocycles. The number of hydrogen-bond acceptors (Lipinski definition) is 6. The molecular formula is C20H21N3O5S. The van der Waals surface area contributed by atoms with E-state index in [0.717, 1.165) is 6.42 Å². The summed E-state index contributed by atoms with van der Waals surface area (Å²) >= 11 is 0. The number of ether oxygens (including phenoxy) is 2. The summed E-state index contributed by atoms with van der Waals surface area (Å²) in [6.45, 7) is 2.90. The zero-order valence-electron chi connectivity index (χ0n) is 15.9. The van der Waals surface area contributed by atoms with Crippen molar-refractivity contribution in [1.29, 1.82) is 0 Å². The van der Waals surface area contributed by atoms with E-state index in [-0.39, 0.29) is 29.4 Å². The average molecular weight is 415 g/mol. The quantitative estimate of drug-likeness (QED) is 0.686. The van der Waals surface area contributed by atoms with Crippen LogP contribution in [0.4, 0.5) is 0 Å². The highest BCUT2D eigenvalue weighted by Gasteiger charge is 2.26. The molecular weight excluding hydrogens is 394 g/mol. The van der Waals surface area contributed by atoms with Crippen LogP contribution in [0.5, 0.6) is 11.5 Å². The van der Waals surface area contributed by atoms with Crippen LogP contribution in [0.2, 0.25) is 0 Å². The van der Waals surface area contributed by atoms with Gasteiger partial charge in [-0.3, -0.25) is 4.79 Å². The highest BCUT2D eigenvalue weighted by molar-refractivity contribution is 7.89. The second-order valence-electron chi connectivity index (χ2n) is 6.62. The van der Waals surface area contributed by atoms with Crippen LogP contribution in [0.15, 0.2) is 52.2 Å². The van der Waals surface area contributed by atoms with Crippen molar-refractivity contribution >= 4 is 20.9 Å². The van der Waals surface area contributed by atoms with Gasteiger partial charge in [-0.1, -0.05) is 19.1 Å². The van der Waals surface area contributed by atoms with Gasteiger partial charge in [-0.15, -0.1) is 0 Å². The molecule has 0 atom stereocenters. The normalized spacial score (nSPS) is 14.1. The molecule has 0 unspecified atom stereocenters. The molecule has 0 saturated heterocycles. The van der Waals surface area contributed by atoms with E-state index in [1.54, 1.807) is 37.3 Å². The number of H-pyrrole nitrogens is 1. The Morgan fingerprint density at radius 2 is 1.86 bits per heavy atom. The Hall–Kier alpha value is -2.91. The SMILES string of the molecule is CCN(Cc1nc2ccccc2c(=O)[nH]1)S(=O)(=O)c1ccc2c(c1)OCCCO2. The third-order valence-corrected chi connectivity index (χ3v) is 6.61. The van der Waals surface area contributed by atoms with E-state index < -0.39 is 10.0 Å². The Balaban J connectivity index is 1.67. The predicted molar refractivity (Wildman–Crippen MR) is 108 cm³/mol. The molecule has 1 aromatic heterocycles. The summed E-state index contributed by atoms with van der Waals surface area (Å²) in [4.78, 5) is 19.5. The predicted octanol–water partition coefficient (Wildman–Crippen LogP) is 2.30. The van der Waals surface area contributed by atoms with Crippen LogP contribution in [0.25, 0.3) is 10.9 Å². The van der Waals surface area contributed by atoms with E-state index in [1.807, 2.05) is 0 Å². The molecule has 9 heteroatoms. The smallest absolute Gasteiger partial charge is 0.258 e. The van der Waals surface area contributed by atoms with Gasteiger partial charge in [0.1, 0.15) is 5.82 Å². The Morgan fingerprint density at radius 3 is 2.66 bits per heavy atom. The number of benzene rings is 2. The van der Waals surface area contributed by atoms with Gasteiger partial charge in [0.05, 0.1) is 35.6 Å². The van der Waals surface area contributed by atoms with Gasteiger partial charge in [-0.2, -0.15) is 4.31 Å². The van der Waals surface area contributed by atoms with Crippen molar-refractivity contribution in [1.82, 2.24) is 14.3 Å². The first-order chi connectivity index (χ1) is 14.0. The first kappa shape index (κ1) is 19.4. The first-order valence-electron chi connectivity index (χ1n) is 9.37. The number of aromatic nitrogens is 2. The van der Waals surface area contributed by atoms with E-state index in [4.69, 9.17) is 9.47 Å². The monoisotopic (exact) mass is 415 g/mol. The van der Waals surface area contributed by atoms with Crippen LogP contribution in [0.3, 0.4) is 0 Å². The molecule has 0 spiro atoms. The van der Waals surface area contributed by atoms with Crippen LogP contribution >= 0.6 is 0 Å². The van der Waals surface area contributed by atoms with Crippen LogP contribution in [-0.2, 0) is 16.6 Å². The van der Waals surface area contributed by atoms with Crippen LogP contribution in [0.1, 0.15) is 19.2 Å². The van der Waals surface area contributed by atoms with Gasteiger partial charge in [-0.05, 0) is 24.3 Å². The second kappa shape index (κ2) is 7.84. The number of para-hydroxylation sites is 1. The molecule has 0 radical (unpaired) electrons. The standard InChI is InChI=1S/C20H21N3O5S/c1-2-23(13-19-21-16-7-4-3-6-15(16)20(24)22-19)29(25,26)14-8-9-17-18(12-14)28-11-5-10-27-17/h3-4,6-9,12H,2,5,10-11,13H2,1H3,(H,21,22,24). The molecule has 0 aliphatic carbocycles. The Morgan fingerprint density at radius 1 is 1.10 bits per heavy atom. The number of hydrogen-bond donors (Lipinski definition) is 1. The number of rotatable bonds is 5. The molecule has 4 rings (SSSR count). The van der Waals surface area contributed by atoms with Gasteiger partial charge in [0.15, 0.2) is 11.5 Å². The van der Waals surface area contributed by atoms with Gasteiger partial charge in [0.2, 0.25) is 10.0 Å². The summed E-state index contributed by atoms with van der Waals surface area (Å²) in [7, 11) is -3.83. The van der Waals surface area contributed by atoms with Crippen molar-refractivity contribution < 1.29 is 17.9 Å². The molecule has 152 valence electrons. The molecule has 1 aliphatic heterocycles. The minimum atomic E-state index is -3.83. The largest absolute Gasteiger partial charge is 0.490 e. The maximum atomic E-state index is 13.2. The summed E-state index contributed by atoms with van der Waals surface area (Å²) in [6.07, 6.45) is 0.735. The van der Waals surface area contributed by atoms with Gasteiger partial charge in [0.25, 0.3) is 5.56 Å². The van der Waals surface area contributed by atoms with Crippen molar-refractivity contribution in [3.8, 4) is 11.5 Å². The van der Waals surface area contributed by atoms with Crippen LogP contribution in [0, 0.1) is 0 Å². The number of aromatic amines is 1. The maximum absolute atomic E-state index is 13.2. The fourth-order valence-electron chi connectivity index (χ4n) is 3.20. The van der Waals surface area contributed by atoms with Gasteiger partial charge in [0, 0.05) is 19.0 Å². The fourth-order valence-corrected chi connectivity index (χ4v) is 4.62. The zero-order chi connectivity index (χ0) is 20.4. The fraction of sp³-hybridized carbons (Fsp3) is 0.300. The second-order valence-corrected chi connectivity index (χ2v) is 8.56. The van der Waals surface area contributed by atoms with E-state index in [9.17, 15) is 13.2 Å². The molecule has 0 fully saturated rings. The minimum absolute atomic E-state index is 0.0483. The zero-order valence-corrected chi connectivity index (χ0v) is 16.7. The number of nitrogens with one attached hydrogen (secondary N) is 1. The summed E-state index contributed by atoms with van der Waals surface area (Å²) in [5.74, 6) is 1.23. The van der Waals surface area contributed by atoms with Crippen molar-refractivity contribution in [3.63, 3.8) is 0 Å². The van der Waals surface area contributed by atoms with E-state index in [1.165, 1.54) is 16.4 Å². The number of fused-ring (bicyclic) bond motifs is 2. The van der Waals surface area contributed by atoms with Crippen LogP contribution < -0.4 is 15.0 Å². The molecule has 0 bridgehead atoms. The third kappa shape index (κ3) is 3.83. The molecule has 0 saturated carbocycles. The highest BCUT2D eigenvalue weighted by atomic mass is 32.2. The minimum Gasteiger partial charge on any atom is -0.490 e. The molecule has 29 heavy (non-hydrogen) atoms. The van der Waals surface area contributed by atoms with Crippen molar-refractivity contribution in [3.05, 3.63) is 58.6 Å². The molecule has 1 aliphatic rings. The van der Waals surface area contributed by atoms with E-state index in [0.29, 0.717) is 35.6 Å². The summed E-state index contributed by atoms with van der Waals surface area (Å²) in [5, 5.41) is 0.463. The molecule has 0 amide bonds. The van der Waals surface area contributed by atoms with Gasteiger partial charge >= 0.3 is 0 Å². The lowest BCUT2D eigenvalue weighted by atomic mass is 10.2. The molecule has 3 aromatic rings. The van der Waals surface area contributed by atoms with Gasteiger partial charge in [-0.25, -0.2) is 13.4 Å². The maximum Gasteiger partial charge on any atom is 0.258 e. The summed E-state index contributed by atoms with van der Waals surface area (Å²) in [5.41, 5.74) is 0.227. The Labute approximate surface area is 168 Å². The lowest BCUT2D eigenvalue weighted by Gasteiger charge is -2.20. The number of sulfonamides is 1. The molecule has 8 nitrogen and oxygen atoms in total. The average Bonchev–Trinajstić information content (AvgIpc) is 2.96. The topological polar surface area (TPSA) is 102 Å². The highest BCUT2D eigenvalue weighted by Crippen LogP contribution is 2.33. The van der Waals surface area contributed by atoms with Crippen molar-refractivity contribution in [2.75, 3.05) is 19.8 Å². The lowest BCUT2D eigenvalue weighted by molar-refractivity contribution is 0.296. The Kier molecular flexibility index (Phi) is 5.25. The lowest BCUT2D eigenvalue weighted by Crippen LogP contribution is -2.32. The molecule has 1 N–H and O–H groups in total. The van der Waals surface area contributed by atoms with Crippen molar-refractivity contribution in [2.45, 2.75) is 24.8 Å². The van der Waals surface area contributed by atoms with E-state index in [2.05, 4.69) is 9.97 Å². The molecule has 2 aromatic carbocycles. The number of nitrogens with zero attached hydrogens (tertiary/aromatic N) is 2. The first-order valence-corrected chi connectivity index (χ1v) is 10.8. The van der Waals surface area contributed by atoms with Crippen LogP contribution in [-0.4, -0.2) is 42.4 Å². The summed E-state index contributed by atoms with van der Waals surface area (Å²) in [6, 6.07) is 11.5. The van der Waals surface area contributed by atoms with Crippen molar-refractivity contribution in [2.24, 2.45) is 0 Å². The van der Waals surface area contributed by atoms with E-state index >= 15 is 0 Å². The summed E-state index contributed by atoms with van der Waals surface area (Å²) < 4.78 is 38.8. The Bertz CT molecular complexity index is 1210. The third-order valence-electron chi connectivity index (χ3n) is 4.70. The van der Waals surface area contributed by atoms with Gasteiger partial charge < -0.3 is 14.5 Å².